The minimum atomic E-state index is -1.03. The van der Waals surface area contributed by atoms with Crippen molar-refractivity contribution in [1.29, 1.82) is 0 Å². The first-order valence-corrected chi connectivity index (χ1v) is 26.4. The van der Waals surface area contributed by atoms with E-state index in [1.165, 1.54) is 13.0 Å². The molecule has 71 heavy (non-hydrogen) atoms. The zero-order valence-corrected chi connectivity index (χ0v) is 43.8. The molecule has 22 heteroatoms. The van der Waals surface area contributed by atoms with E-state index in [2.05, 4.69) is 42.2 Å². The number of fused-ring (bicyclic) bond motifs is 1. The zero-order chi connectivity index (χ0) is 51.9. The summed E-state index contributed by atoms with van der Waals surface area (Å²) < 4.78 is 5.93. The lowest BCUT2D eigenvalue weighted by molar-refractivity contribution is -0.131. The average Bonchev–Trinajstić information content (AvgIpc) is 3.87. The van der Waals surface area contributed by atoms with E-state index in [-0.39, 0.29) is 80.4 Å². The van der Waals surface area contributed by atoms with Crippen molar-refractivity contribution in [2.45, 2.75) is 146 Å². The van der Waals surface area contributed by atoms with Crippen molar-refractivity contribution in [2.24, 2.45) is 16.5 Å². The number of guanidine groups is 1. The van der Waals surface area contributed by atoms with E-state index in [1.54, 1.807) is 38.1 Å². The van der Waals surface area contributed by atoms with Gasteiger partial charge in [0.2, 0.25) is 29.5 Å². The molecule has 0 spiro atoms. The SMILES string of the molecule is CC(=O)N[C@@H](CCCCNC(=O)CCCCC1SC[C@H]2NC(=O)N[C@@H]12)C(=O)N[C@@H](Cc1ccc(O)c(I)c1)C(=O)NCCCCCC(=O)N[C@@H](CCCN=C(N)N)C(=O)COC(=O)c1c(C)cccc1C. The van der Waals surface area contributed by atoms with Gasteiger partial charge in [-0.1, -0.05) is 37.1 Å². The number of nitrogens with two attached hydrogens (primary N) is 2. The molecule has 2 heterocycles. The predicted molar refractivity (Wildman–Crippen MR) is 279 cm³/mol. The number of amides is 7. The molecule has 2 aromatic carbocycles. The fraction of sp³-hybridized carbons (Fsp3) is 0.571. The molecule has 7 amide bonds. The van der Waals surface area contributed by atoms with Crippen LogP contribution in [0.25, 0.3) is 0 Å². The second-order valence-corrected chi connectivity index (χ2v) is 20.4. The van der Waals surface area contributed by atoms with E-state index < -0.39 is 54.2 Å². The summed E-state index contributed by atoms with van der Waals surface area (Å²) in [4.78, 5) is 107. The molecule has 0 bridgehead atoms. The Morgan fingerprint density at radius 2 is 1.51 bits per heavy atom. The molecule has 2 fully saturated rings. The molecule has 0 radical (unpaired) electrons. The lowest BCUT2D eigenvalue weighted by Crippen LogP contribution is -2.54. The van der Waals surface area contributed by atoms with E-state index in [4.69, 9.17) is 16.2 Å². The number of nitrogens with one attached hydrogen (secondary N) is 7. The molecule has 4 rings (SSSR count). The van der Waals surface area contributed by atoms with Crippen LogP contribution in [0.5, 0.6) is 5.75 Å². The summed E-state index contributed by atoms with van der Waals surface area (Å²) in [6.45, 7) is 5.19. The second kappa shape index (κ2) is 30.3. The molecule has 2 aliphatic heterocycles. The number of aliphatic imine (C=N–C) groups is 1. The molecule has 0 saturated carbocycles. The van der Waals surface area contributed by atoms with Crippen molar-refractivity contribution in [1.82, 2.24) is 37.2 Å². The number of unbranched alkanes of at least 4 members (excludes halogenated alkanes) is 4. The Morgan fingerprint density at radius 1 is 0.817 bits per heavy atom. The second-order valence-electron chi connectivity index (χ2n) is 18.0. The minimum absolute atomic E-state index is 0.0609. The number of aryl methyl sites for hydroxylation is 2. The first-order valence-electron chi connectivity index (χ1n) is 24.3. The van der Waals surface area contributed by atoms with Crippen LogP contribution in [0.4, 0.5) is 4.79 Å². The molecule has 20 nitrogen and oxygen atoms in total. The van der Waals surface area contributed by atoms with E-state index in [0.717, 1.165) is 25.0 Å². The summed E-state index contributed by atoms with van der Waals surface area (Å²) in [6, 6.07) is 7.53. The number of ether oxygens (including phenoxy) is 1. The molecule has 2 aliphatic rings. The van der Waals surface area contributed by atoms with Gasteiger partial charge in [-0.2, -0.15) is 11.8 Å². The zero-order valence-electron chi connectivity index (χ0n) is 40.9. The van der Waals surface area contributed by atoms with Crippen LogP contribution in [0.15, 0.2) is 41.4 Å². The Labute approximate surface area is 433 Å². The Hall–Kier alpha value is -5.65. The van der Waals surface area contributed by atoms with Gasteiger partial charge in [-0.25, -0.2) is 9.59 Å². The molecular weight excluding hydrogens is 1050 g/mol. The molecular formula is C49H71IN10O10S. The van der Waals surface area contributed by atoms with Crippen LogP contribution in [-0.4, -0.2) is 126 Å². The molecule has 2 saturated heterocycles. The van der Waals surface area contributed by atoms with Crippen LogP contribution in [0.3, 0.4) is 0 Å². The number of phenols is 1. The number of hydrogen-bond donors (Lipinski definition) is 10. The Kier molecular flexibility index (Phi) is 24.7. The number of nitrogens with zero attached hydrogens (tertiary/aromatic N) is 1. The van der Waals surface area contributed by atoms with Gasteiger partial charge in [-0.05, 0) is 123 Å². The van der Waals surface area contributed by atoms with E-state index in [9.17, 15) is 43.5 Å². The van der Waals surface area contributed by atoms with Gasteiger partial charge in [0, 0.05) is 56.8 Å². The highest BCUT2D eigenvalue weighted by atomic mass is 127. The van der Waals surface area contributed by atoms with Gasteiger partial charge in [0.15, 0.2) is 18.3 Å². The number of rotatable bonds is 31. The highest BCUT2D eigenvalue weighted by Gasteiger charge is 2.42. The summed E-state index contributed by atoms with van der Waals surface area (Å²) in [5.74, 6) is -2.10. The fourth-order valence-corrected chi connectivity index (χ4v) is 10.5. The highest BCUT2D eigenvalue weighted by molar-refractivity contribution is 14.1. The highest BCUT2D eigenvalue weighted by Crippen LogP contribution is 2.33. The quantitative estimate of drug-likeness (QED) is 0.0130. The monoisotopic (exact) mass is 1120 g/mol. The largest absolute Gasteiger partial charge is 0.507 e. The molecule has 390 valence electrons. The predicted octanol–water partition coefficient (Wildman–Crippen LogP) is 2.80. The number of halogens is 1. The fourth-order valence-electron chi connectivity index (χ4n) is 8.42. The number of ketones is 1. The van der Waals surface area contributed by atoms with Gasteiger partial charge >= 0.3 is 12.0 Å². The van der Waals surface area contributed by atoms with Crippen LogP contribution < -0.4 is 48.7 Å². The number of hydrogen-bond acceptors (Lipinski definition) is 12. The lowest BCUT2D eigenvalue weighted by atomic mass is 10.0. The van der Waals surface area contributed by atoms with Gasteiger partial charge in [0.1, 0.15) is 17.8 Å². The van der Waals surface area contributed by atoms with Crippen molar-refractivity contribution in [3.63, 3.8) is 0 Å². The molecule has 0 aliphatic carbocycles. The maximum absolute atomic E-state index is 13.7. The summed E-state index contributed by atoms with van der Waals surface area (Å²) in [5, 5.41) is 30.4. The lowest BCUT2D eigenvalue weighted by Gasteiger charge is -2.23. The number of esters is 1. The number of aromatic hydroxyl groups is 1. The van der Waals surface area contributed by atoms with Gasteiger partial charge in [0.05, 0.1) is 27.3 Å². The number of Topliss-reactive ketones (excluding diaryl/α,β-unsaturated/α-hetero) is 1. The number of benzene rings is 2. The third kappa shape index (κ3) is 20.5. The van der Waals surface area contributed by atoms with Crippen molar-refractivity contribution < 1.29 is 48.2 Å². The van der Waals surface area contributed by atoms with Crippen LogP contribution in [0, 0.1) is 17.4 Å². The Bertz CT molecular complexity index is 2190. The van der Waals surface area contributed by atoms with E-state index in [1.807, 2.05) is 40.4 Å². The maximum Gasteiger partial charge on any atom is 0.339 e. The third-order valence-corrected chi connectivity index (χ3v) is 14.6. The maximum atomic E-state index is 13.7. The van der Waals surface area contributed by atoms with E-state index >= 15 is 0 Å². The summed E-state index contributed by atoms with van der Waals surface area (Å²) in [7, 11) is 0. The van der Waals surface area contributed by atoms with Crippen molar-refractivity contribution in [3.8, 4) is 5.75 Å². The summed E-state index contributed by atoms with van der Waals surface area (Å²) >= 11 is 3.82. The van der Waals surface area contributed by atoms with Gasteiger partial charge in [-0.15, -0.1) is 0 Å². The van der Waals surface area contributed by atoms with Gasteiger partial charge < -0.3 is 58.5 Å². The van der Waals surface area contributed by atoms with Crippen molar-refractivity contribution in [2.75, 3.05) is 32.0 Å². The Balaban J connectivity index is 1.21. The number of carbonyl (C=O) groups is 8. The third-order valence-electron chi connectivity index (χ3n) is 12.2. The summed E-state index contributed by atoms with van der Waals surface area (Å²) in [6.07, 6.45) is 6.51. The van der Waals surface area contributed by atoms with Crippen LogP contribution >= 0.6 is 34.4 Å². The van der Waals surface area contributed by atoms with Crippen LogP contribution in [0.2, 0.25) is 0 Å². The number of thioether (sulfide) groups is 1. The molecule has 0 aromatic heterocycles. The number of carbonyl (C=O) groups excluding carboxylic acids is 8. The van der Waals surface area contributed by atoms with Crippen molar-refractivity contribution >= 4 is 87.6 Å². The first-order chi connectivity index (χ1) is 33.9. The molecule has 12 N–H and O–H groups in total. The average molecular weight is 1120 g/mol. The number of phenolic OH excluding ortho intramolecular Hbond substituents is 1. The van der Waals surface area contributed by atoms with Crippen molar-refractivity contribution in [3.05, 3.63) is 62.2 Å². The molecule has 2 aromatic rings. The normalized spacial score (nSPS) is 17.0. The number of urea groups is 1. The van der Waals surface area contributed by atoms with Crippen LogP contribution in [-0.2, 0) is 39.9 Å². The molecule has 1 unspecified atom stereocenters. The van der Waals surface area contributed by atoms with E-state index in [0.29, 0.717) is 82.6 Å². The van der Waals surface area contributed by atoms with Gasteiger partial charge in [0.25, 0.3) is 0 Å². The smallest absolute Gasteiger partial charge is 0.339 e. The minimum Gasteiger partial charge on any atom is -0.507 e. The standard InChI is InChI=1S/C49H71IN10O10S/c1-29-13-11-14-30(2)43(29)47(68)70-27-39(63)34(16-12-24-55-48(51)52)57-42(65)19-5-4-9-23-54-45(66)36(26-32-20-21-38(62)33(50)25-32)58-46(67)35(56-31(3)61)15-8-10-22-53-41(64)18-7-6-17-40-44-37(28-71-40)59-49(69)60-44/h11,13-14,20-21,25,34-37,40,44,62H,4-10,12,15-19,22-24,26-28H2,1-3H3,(H,53,64)(H,54,66)(H,56,61)(H,57,65)(H,58,67)(H4,51,52,55)(H2,59,60,69)/t34-,35-,36-,37+,40?,44+/m0/s1. The van der Waals surface area contributed by atoms with Crippen LogP contribution in [0.1, 0.15) is 117 Å². The topological polar surface area (TPSA) is 315 Å². The van der Waals surface area contributed by atoms with Gasteiger partial charge in [-0.3, -0.25) is 33.8 Å². The molecule has 6 atom stereocenters. The first kappa shape index (κ1) is 57.9. The Morgan fingerprint density at radius 3 is 2.23 bits per heavy atom. The summed E-state index contributed by atoms with van der Waals surface area (Å²) in [5.41, 5.74) is 13.4.